The van der Waals surface area contributed by atoms with Gasteiger partial charge in [0.05, 0.1) is 26.9 Å². The molecule has 0 spiro atoms. The van der Waals surface area contributed by atoms with Gasteiger partial charge in [-0.25, -0.2) is 0 Å². The van der Waals surface area contributed by atoms with Gasteiger partial charge in [-0.3, -0.25) is 9.59 Å². The molecule has 6 nitrogen and oxygen atoms in total. The van der Waals surface area contributed by atoms with Crippen molar-refractivity contribution >= 4 is 11.8 Å². The fourth-order valence-electron chi connectivity index (χ4n) is 2.37. The van der Waals surface area contributed by atoms with Crippen molar-refractivity contribution in [2.24, 2.45) is 0 Å². The number of methoxy groups -OCH3 is 3. The Balaban J connectivity index is 2.64. The lowest BCUT2D eigenvalue weighted by molar-refractivity contribution is -0.137. The number of unbranched alkanes of at least 4 members (excludes halogenated alkanes) is 3. The molecule has 0 atom stereocenters. The minimum absolute atomic E-state index is 0.0268. The summed E-state index contributed by atoms with van der Waals surface area (Å²) in [4.78, 5) is 22.8. The summed E-state index contributed by atoms with van der Waals surface area (Å²) in [6.07, 6.45) is 3.56. The van der Waals surface area contributed by atoms with Crippen molar-refractivity contribution in [2.75, 3.05) is 21.3 Å². The van der Waals surface area contributed by atoms with E-state index in [9.17, 15) is 9.59 Å². The van der Waals surface area contributed by atoms with E-state index < -0.39 is 5.97 Å². The van der Waals surface area contributed by atoms with Crippen LogP contribution < -0.4 is 14.2 Å². The number of ketones is 1. The molecule has 1 N–H and O–H groups in total. The highest BCUT2D eigenvalue weighted by Gasteiger charge is 2.20. The second kappa shape index (κ2) is 9.71. The van der Waals surface area contributed by atoms with Crippen LogP contribution in [0.2, 0.25) is 0 Å². The summed E-state index contributed by atoms with van der Waals surface area (Å²) in [5.41, 5.74) is 0.468. The summed E-state index contributed by atoms with van der Waals surface area (Å²) in [5, 5.41) is 8.57. The van der Waals surface area contributed by atoms with Crippen molar-refractivity contribution in [2.45, 2.75) is 38.5 Å². The van der Waals surface area contributed by atoms with Gasteiger partial charge in [0.1, 0.15) is 0 Å². The maximum atomic E-state index is 12.4. The number of carboxylic acid groups (broad SMARTS) is 1. The number of rotatable bonds is 11. The van der Waals surface area contributed by atoms with Crippen LogP contribution >= 0.6 is 0 Å². The topological polar surface area (TPSA) is 82.1 Å². The second-order valence-corrected chi connectivity index (χ2v) is 5.11. The zero-order valence-corrected chi connectivity index (χ0v) is 13.9. The first-order valence-electron chi connectivity index (χ1n) is 7.59. The Morgan fingerprint density at radius 1 is 0.870 bits per heavy atom. The van der Waals surface area contributed by atoms with Crippen LogP contribution in [0, 0.1) is 0 Å². The molecule has 0 aliphatic rings. The minimum atomic E-state index is -0.781. The molecule has 0 saturated carbocycles. The standard InChI is InChI=1S/C17H24O6/c1-21-14-11-10-12(16(22-2)17(14)23-3)13(18)8-6-4-5-7-9-15(19)20/h10-11H,4-9H2,1-3H3,(H,19,20). The van der Waals surface area contributed by atoms with E-state index in [-0.39, 0.29) is 12.2 Å². The molecule has 0 aromatic heterocycles. The Morgan fingerprint density at radius 3 is 2.00 bits per heavy atom. The zero-order valence-electron chi connectivity index (χ0n) is 13.9. The Hall–Kier alpha value is -2.24. The third kappa shape index (κ3) is 5.47. The Labute approximate surface area is 136 Å². The number of benzene rings is 1. The van der Waals surface area contributed by atoms with E-state index in [2.05, 4.69) is 0 Å². The summed E-state index contributed by atoms with van der Waals surface area (Å²) < 4.78 is 15.8. The van der Waals surface area contributed by atoms with Crippen molar-refractivity contribution in [3.8, 4) is 17.2 Å². The monoisotopic (exact) mass is 324 g/mol. The lowest BCUT2D eigenvalue weighted by atomic mass is 10.0. The van der Waals surface area contributed by atoms with Crippen molar-refractivity contribution in [1.82, 2.24) is 0 Å². The molecule has 6 heteroatoms. The Morgan fingerprint density at radius 2 is 1.48 bits per heavy atom. The Kier molecular flexibility index (Phi) is 7.94. The van der Waals surface area contributed by atoms with E-state index in [4.69, 9.17) is 19.3 Å². The zero-order chi connectivity index (χ0) is 17.2. The summed E-state index contributed by atoms with van der Waals surface area (Å²) >= 11 is 0. The highest BCUT2D eigenvalue weighted by atomic mass is 16.5. The van der Waals surface area contributed by atoms with Crippen LogP contribution in [0.25, 0.3) is 0 Å². The van der Waals surface area contributed by atoms with Crippen LogP contribution in [-0.2, 0) is 4.79 Å². The van der Waals surface area contributed by atoms with Crippen molar-refractivity contribution in [3.05, 3.63) is 17.7 Å². The molecule has 128 valence electrons. The van der Waals surface area contributed by atoms with Crippen molar-refractivity contribution < 1.29 is 28.9 Å². The molecule has 0 saturated heterocycles. The number of carbonyl (C=O) groups excluding carboxylic acids is 1. The normalized spacial score (nSPS) is 10.2. The van der Waals surface area contributed by atoms with Gasteiger partial charge in [-0.15, -0.1) is 0 Å². The summed E-state index contributed by atoms with van der Waals surface area (Å²) in [6.45, 7) is 0. The van der Waals surface area contributed by atoms with Gasteiger partial charge >= 0.3 is 5.97 Å². The lowest BCUT2D eigenvalue weighted by Gasteiger charge is -2.15. The fraction of sp³-hybridized carbons (Fsp3) is 0.529. The predicted octanol–water partition coefficient (Wildman–Crippen LogP) is 3.32. The maximum absolute atomic E-state index is 12.4. The van der Waals surface area contributed by atoms with E-state index in [0.717, 1.165) is 19.3 Å². The molecule has 0 fully saturated rings. The van der Waals surface area contributed by atoms with Gasteiger partial charge in [0, 0.05) is 12.8 Å². The number of Topliss-reactive ketones (excluding diaryl/α,β-unsaturated/α-hetero) is 1. The third-order valence-electron chi connectivity index (χ3n) is 3.55. The highest BCUT2D eigenvalue weighted by Crippen LogP contribution is 2.40. The summed E-state index contributed by atoms with van der Waals surface area (Å²) in [5.74, 6) is 0.483. The number of carboxylic acids is 1. The average Bonchev–Trinajstić information content (AvgIpc) is 2.55. The van der Waals surface area contributed by atoms with E-state index >= 15 is 0 Å². The fourth-order valence-corrected chi connectivity index (χ4v) is 2.37. The molecule has 0 unspecified atom stereocenters. The van der Waals surface area contributed by atoms with Gasteiger partial charge in [-0.2, -0.15) is 0 Å². The van der Waals surface area contributed by atoms with Crippen LogP contribution in [0.3, 0.4) is 0 Å². The van der Waals surface area contributed by atoms with E-state index in [0.29, 0.717) is 35.7 Å². The van der Waals surface area contributed by atoms with Crippen LogP contribution in [0.4, 0.5) is 0 Å². The molecule has 0 radical (unpaired) electrons. The molecule has 1 aromatic carbocycles. The lowest BCUT2D eigenvalue weighted by Crippen LogP contribution is -2.05. The first-order valence-corrected chi connectivity index (χ1v) is 7.59. The maximum Gasteiger partial charge on any atom is 0.303 e. The first kappa shape index (κ1) is 18.8. The molecule has 0 aliphatic heterocycles. The van der Waals surface area contributed by atoms with Crippen LogP contribution in [0.5, 0.6) is 17.2 Å². The third-order valence-corrected chi connectivity index (χ3v) is 3.55. The highest BCUT2D eigenvalue weighted by molar-refractivity contribution is 5.99. The number of ether oxygens (including phenoxy) is 3. The van der Waals surface area contributed by atoms with Gasteiger partial charge in [-0.05, 0) is 25.0 Å². The number of carbonyl (C=O) groups is 2. The molecular weight excluding hydrogens is 300 g/mol. The van der Waals surface area contributed by atoms with Crippen molar-refractivity contribution in [3.63, 3.8) is 0 Å². The molecule has 1 aromatic rings. The Bertz CT molecular complexity index is 538. The number of aliphatic carboxylic acids is 1. The summed E-state index contributed by atoms with van der Waals surface area (Å²) in [6, 6.07) is 3.36. The van der Waals surface area contributed by atoms with Gasteiger partial charge in [0.25, 0.3) is 0 Å². The smallest absolute Gasteiger partial charge is 0.303 e. The van der Waals surface area contributed by atoms with E-state index in [1.165, 1.54) is 21.3 Å². The average molecular weight is 324 g/mol. The van der Waals surface area contributed by atoms with Gasteiger partial charge in [-0.1, -0.05) is 12.8 Å². The molecule has 23 heavy (non-hydrogen) atoms. The molecular formula is C17H24O6. The van der Waals surface area contributed by atoms with E-state index in [1.54, 1.807) is 12.1 Å². The predicted molar refractivity (Wildman–Crippen MR) is 85.8 cm³/mol. The quantitative estimate of drug-likeness (QED) is 0.497. The first-order chi connectivity index (χ1) is 11.0. The van der Waals surface area contributed by atoms with Crippen LogP contribution in [0.1, 0.15) is 48.9 Å². The molecule has 0 aliphatic carbocycles. The molecule has 0 amide bonds. The van der Waals surface area contributed by atoms with Gasteiger partial charge in [0.15, 0.2) is 17.3 Å². The summed E-state index contributed by atoms with van der Waals surface area (Å²) in [7, 11) is 4.51. The minimum Gasteiger partial charge on any atom is -0.493 e. The number of hydrogen-bond acceptors (Lipinski definition) is 5. The van der Waals surface area contributed by atoms with Crippen LogP contribution in [0.15, 0.2) is 12.1 Å². The largest absolute Gasteiger partial charge is 0.493 e. The van der Waals surface area contributed by atoms with Crippen LogP contribution in [-0.4, -0.2) is 38.2 Å². The number of hydrogen-bond donors (Lipinski definition) is 1. The van der Waals surface area contributed by atoms with E-state index in [1.807, 2.05) is 0 Å². The van der Waals surface area contributed by atoms with Crippen molar-refractivity contribution in [1.29, 1.82) is 0 Å². The molecule has 1 rings (SSSR count). The molecule has 0 bridgehead atoms. The second-order valence-electron chi connectivity index (χ2n) is 5.11. The molecule has 0 heterocycles. The van der Waals surface area contributed by atoms with Gasteiger partial charge < -0.3 is 19.3 Å². The van der Waals surface area contributed by atoms with Gasteiger partial charge in [0.2, 0.25) is 5.75 Å². The SMILES string of the molecule is COc1ccc(C(=O)CCCCCCC(=O)O)c(OC)c1OC.